The molecule has 0 amide bonds. The van der Waals surface area contributed by atoms with Gasteiger partial charge in [0.2, 0.25) is 0 Å². The summed E-state index contributed by atoms with van der Waals surface area (Å²) < 4.78 is 0. The van der Waals surface area contributed by atoms with Gasteiger partial charge in [-0.15, -0.1) is 0 Å². The van der Waals surface area contributed by atoms with Crippen molar-refractivity contribution in [3.63, 3.8) is 0 Å². The minimum atomic E-state index is 0.285. The van der Waals surface area contributed by atoms with E-state index in [1.807, 2.05) is 0 Å². The first-order valence-corrected chi connectivity index (χ1v) is 9.76. The van der Waals surface area contributed by atoms with E-state index >= 15 is 0 Å². The van der Waals surface area contributed by atoms with Crippen molar-refractivity contribution in [3.8, 4) is 0 Å². The quantitative estimate of drug-likeness (QED) is 0.845. The van der Waals surface area contributed by atoms with Gasteiger partial charge in [0.1, 0.15) is 0 Å². The highest BCUT2D eigenvalue weighted by Gasteiger charge is 2.48. The highest BCUT2D eigenvalue weighted by atomic mass is 32.2. The van der Waals surface area contributed by atoms with Gasteiger partial charge in [0.25, 0.3) is 0 Å². The number of nitrogens with two attached hydrogens (primary N) is 1. The Morgan fingerprint density at radius 1 is 1.10 bits per heavy atom. The molecule has 3 aliphatic rings. The molecule has 3 heteroatoms. The van der Waals surface area contributed by atoms with E-state index in [9.17, 15) is 0 Å². The molecule has 2 aliphatic heterocycles. The number of rotatable bonds is 2. The Labute approximate surface area is 129 Å². The van der Waals surface area contributed by atoms with Crippen molar-refractivity contribution in [2.75, 3.05) is 24.6 Å². The van der Waals surface area contributed by atoms with Gasteiger partial charge >= 0.3 is 0 Å². The number of piperidine rings is 1. The average Bonchev–Trinajstić information content (AvgIpc) is 2.45. The summed E-state index contributed by atoms with van der Waals surface area (Å²) in [6, 6.07) is 0.843. The third-order valence-corrected chi connectivity index (χ3v) is 7.63. The second-order valence-corrected chi connectivity index (χ2v) is 9.20. The summed E-state index contributed by atoms with van der Waals surface area (Å²) in [4.78, 5) is 2.90. The highest BCUT2D eigenvalue weighted by Crippen LogP contribution is 2.46. The molecular formula is C17H32N2S. The van der Waals surface area contributed by atoms with E-state index < -0.39 is 0 Å². The number of fused-ring (bicyclic) bond motifs is 1. The van der Waals surface area contributed by atoms with Crippen molar-refractivity contribution in [3.05, 3.63) is 0 Å². The maximum absolute atomic E-state index is 6.36. The van der Waals surface area contributed by atoms with Crippen LogP contribution in [0.25, 0.3) is 0 Å². The fraction of sp³-hybridized carbons (Fsp3) is 1.00. The lowest BCUT2D eigenvalue weighted by molar-refractivity contribution is -0.0336. The summed E-state index contributed by atoms with van der Waals surface area (Å²) in [6.45, 7) is 7.03. The lowest BCUT2D eigenvalue weighted by atomic mass is 9.72. The van der Waals surface area contributed by atoms with Crippen LogP contribution in [0.2, 0.25) is 0 Å². The summed E-state index contributed by atoms with van der Waals surface area (Å²) in [5.74, 6) is 3.53. The van der Waals surface area contributed by atoms with Crippen LogP contribution < -0.4 is 5.73 Å². The summed E-state index contributed by atoms with van der Waals surface area (Å²) in [5.41, 5.74) is 7.09. The van der Waals surface area contributed by atoms with Gasteiger partial charge in [0.05, 0.1) is 0 Å². The fourth-order valence-corrected chi connectivity index (χ4v) is 6.68. The topological polar surface area (TPSA) is 29.3 Å². The highest BCUT2D eigenvalue weighted by molar-refractivity contribution is 7.99. The monoisotopic (exact) mass is 296 g/mol. The third kappa shape index (κ3) is 2.78. The van der Waals surface area contributed by atoms with Crippen LogP contribution in [0, 0.1) is 11.3 Å². The first-order chi connectivity index (χ1) is 9.56. The van der Waals surface area contributed by atoms with E-state index in [-0.39, 0.29) is 5.54 Å². The van der Waals surface area contributed by atoms with Gasteiger partial charge in [-0.1, -0.05) is 26.7 Å². The van der Waals surface area contributed by atoms with Crippen LogP contribution in [0.3, 0.4) is 0 Å². The Balaban J connectivity index is 1.83. The average molecular weight is 297 g/mol. The van der Waals surface area contributed by atoms with E-state index in [0.29, 0.717) is 5.41 Å². The second kappa shape index (κ2) is 5.81. The minimum Gasteiger partial charge on any atom is -0.329 e. The molecule has 3 atom stereocenters. The normalized spacial score (nSPS) is 42.1. The van der Waals surface area contributed by atoms with E-state index in [0.717, 1.165) is 18.5 Å². The number of hydrogen-bond donors (Lipinski definition) is 1. The minimum absolute atomic E-state index is 0.285. The Kier molecular flexibility index (Phi) is 4.41. The van der Waals surface area contributed by atoms with Gasteiger partial charge in [0.15, 0.2) is 0 Å². The van der Waals surface area contributed by atoms with Gasteiger partial charge in [-0.05, 0) is 55.7 Å². The number of hydrogen-bond acceptors (Lipinski definition) is 3. The molecule has 0 bridgehead atoms. The van der Waals surface area contributed by atoms with Crippen molar-refractivity contribution in [2.24, 2.45) is 17.1 Å². The molecule has 2 saturated heterocycles. The van der Waals surface area contributed by atoms with E-state index in [2.05, 4.69) is 30.5 Å². The van der Waals surface area contributed by atoms with E-state index in [1.54, 1.807) is 0 Å². The number of likely N-dealkylation sites (tertiary alicyclic amines) is 1. The molecule has 1 aliphatic carbocycles. The lowest BCUT2D eigenvalue weighted by Crippen LogP contribution is -2.65. The molecule has 2 N–H and O–H groups in total. The Morgan fingerprint density at radius 2 is 1.85 bits per heavy atom. The molecule has 1 unspecified atom stereocenters. The van der Waals surface area contributed by atoms with Gasteiger partial charge < -0.3 is 5.73 Å². The van der Waals surface area contributed by atoms with Crippen LogP contribution in [0.5, 0.6) is 0 Å². The predicted molar refractivity (Wildman–Crippen MR) is 89.2 cm³/mol. The van der Waals surface area contributed by atoms with Crippen LogP contribution in [0.15, 0.2) is 0 Å². The third-order valence-electron chi connectivity index (χ3n) is 5.90. The van der Waals surface area contributed by atoms with Crippen LogP contribution in [-0.4, -0.2) is 41.1 Å². The molecule has 0 aromatic heterocycles. The second-order valence-electron chi connectivity index (χ2n) is 8.21. The SMILES string of the molecule is CC1(C)CSCC(CN)(N2CCC[C@H]3CCCC[C@H]32)C1. The molecule has 0 radical (unpaired) electrons. The van der Waals surface area contributed by atoms with Crippen molar-refractivity contribution >= 4 is 11.8 Å². The molecule has 3 rings (SSSR count). The smallest absolute Gasteiger partial charge is 0.0430 e. The standard InChI is InChI=1S/C17H32N2S/c1-16(2)10-17(11-18,13-20-12-16)19-9-5-7-14-6-3-4-8-15(14)19/h14-15H,3-13,18H2,1-2H3/t14-,15-,17?/m1/s1. The first kappa shape index (κ1) is 15.2. The van der Waals surface area contributed by atoms with E-state index in [1.165, 1.54) is 63.0 Å². The van der Waals surface area contributed by atoms with Crippen molar-refractivity contribution in [1.29, 1.82) is 0 Å². The molecule has 3 fully saturated rings. The zero-order valence-corrected chi connectivity index (χ0v) is 14.2. The van der Waals surface area contributed by atoms with Crippen LogP contribution in [-0.2, 0) is 0 Å². The van der Waals surface area contributed by atoms with Crippen LogP contribution in [0.1, 0.15) is 58.8 Å². The van der Waals surface area contributed by atoms with Crippen LogP contribution >= 0.6 is 11.8 Å². The molecule has 116 valence electrons. The lowest BCUT2D eigenvalue weighted by Gasteiger charge is -2.57. The zero-order chi connectivity index (χ0) is 14.2. The molecule has 0 aromatic carbocycles. The summed E-state index contributed by atoms with van der Waals surface area (Å²) in [7, 11) is 0. The Hall–Kier alpha value is 0.270. The predicted octanol–water partition coefficient (Wildman–Crippen LogP) is 3.50. The van der Waals surface area contributed by atoms with Crippen molar-refractivity contribution in [2.45, 2.75) is 70.4 Å². The zero-order valence-electron chi connectivity index (χ0n) is 13.4. The van der Waals surface area contributed by atoms with Crippen molar-refractivity contribution in [1.82, 2.24) is 4.90 Å². The largest absolute Gasteiger partial charge is 0.329 e. The molecule has 20 heavy (non-hydrogen) atoms. The van der Waals surface area contributed by atoms with Gasteiger partial charge in [-0.25, -0.2) is 0 Å². The molecule has 2 heterocycles. The maximum Gasteiger partial charge on any atom is 0.0430 e. The number of nitrogens with zero attached hydrogens (tertiary/aromatic N) is 1. The van der Waals surface area contributed by atoms with Gasteiger partial charge in [0, 0.05) is 23.9 Å². The van der Waals surface area contributed by atoms with Crippen molar-refractivity contribution < 1.29 is 0 Å². The molecular weight excluding hydrogens is 264 g/mol. The summed E-state index contributed by atoms with van der Waals surface area (Å²) in [6.07, 6.45) is 9.97. The first-order valence-electron chi connectivity index (χ1n) is 8.61. The van der Waals surface area contributed by atoms with Gasteiger partial charge in [-0.2, -0.15) is 11.8 Å². The molecule has 1 saturated carbocycles. The Morgan fingerprint density at radius 3 is 2.60 bits per heavy atom. The molecule has 0 aromatic rings. The molecule has 2 nitrogen and oxygen atoms in total. The Bertz CT molecular complexity index is 342. The number of thioether (sulfide) groups is 1. The molecule has 0 spiro atoms. The van der Waals surface area contributed by atoms with Crippen LogP contribution in [0.4, 0.5) is 0 Å². The summed E-state index contributed by atoms with van der Waals surface area (Å²) >= 11 is 2.14. The van der Waals surface area contributed by atoms with E-state index in [4.69, 9.17) is 5.73 Å². The summed E-state index contributed by atoms with van der Waals surface area (Å²) in [5, 5.41) is 0. The maximum atomic E-state index is 6.36. The fourth-order valence-electron chi connectivity index (χ4n) is 5.16. The van der Waals surface area contributed by atoms with Gasteiger partial charge in [-0.3, -0.25) is 4.90 Å².